The number of nitriles is 1. The average molecular weight is 1400 g/mol. The lowest BCUT2D eigenvalue weighted by Gasteiger charge is -2.22. The number of alkyl halides is 4. The van der Waals surface area contributed by atoms with Crippen LogP contribution in [0.2, 0.25) is 0 Å². The zero-order valence-corrected chi connectivity index (χ0v) is 57.8. The van der Waals surface area contributed by atoms with Crippen LogP contribution < -0.4 is 9.47 Å². The molecule has 0 heterocycles. The minimum absolute atomic E-state index is 0.0470. The molecule has 3 rings (SSSR count). The Morgan fingerprint density at radius 3 is 1.09 bits per heavy atom. The lowest BCUT2D eigenvalue weighted by atomic mass is 10.1. The molecule has 22 nitrogen and oxygen atoms in total. The molecule has 0 amide bonds. The van der Waals surface area contributed by atoms with Crippen LogP contribution in [0.15, 0.2) is 54.6 Å². The van der Waals surface area contributed by atoms with Gasteiger partial charge in [0.2, 0.25) is 23.5 Å². The number of aromatic carboxylic acids is 1. The van der Waals surface area contributed by atoms with Gasteiger partial charge in [-0.2, -0.15) is 31.6 Å². The standard InChI is InChI=1S/C17H18O2.C12H10F4O4.C10H14F4O4.C10H15NO5.3C6H12O2/c1-3-13(2)17(18)19-16-11-9-15(10-12-16)14-7-5-4-6-8-14;1-3-4(2)12(19)20-10-8(15)6(13)5(11(17)18)7(14)9(10)16;1-3-6(2)7(15)18-5-4-9(11,12)10(13,14)8(16)17;1-3-7(2)10(14)16-5-4-15-8(6-11)9(12)13;3*1-4-5(2)6(7)8-3/h4-13H,3H2,1-2H3;4H,3H2,1-2H3,(H,17,18);6H,3-5H2,1-2H3,(H,16,17);7-8H,3-5H2,1-2H3,(H,12,13);3*5H,4H2,1-3H3. The van der Waals surface area contributed by atoms with Crippen LogP contribution in [0.1, 0.15) is 159 Å². The number of carbonyl (C=O) groups excluding carboxylic acids is 7. The van der Waals surface area contributed by atoms with Crippen LogP contribution >= 0.6 is 0 Å². The van der Waals surface area contributed by atoms with E-state index in [1.165, 1.54) is 41.2 Å². The summed E-state index contributed by atoms with van der Waals surface area (Å²) >= 11 is 0. The second-order valence-corrected chi connectivity index (χ2v) is 21.1. The molecule has 3 aromatic carbocycles. The SMILES string of the molecule is CCC(C)C(=O)OC.CCC(C)C(=O)OC.CCC(C)C(=O)OC.CCC(C)C(=O)OCCC(F)(F)C(F)(F)C(=O)O.CCC(C)C(=O)OCCOC(C#N)C(=O)O.CCC(C)C(=O)Oc1c(F)c(F)c(C(=O)O)c(F)c1F.CCC(C)C(=O)Oc1ccc(-c2ccccc2)cc1. The molecule has 0 saturated heterocycles. The highest BCUT2D eigenvalue weighted by molar-refractivity contribution is 5.89. The zero-order valence-electron chi connectivity index (χ0n) is 57.8. The number of hydrogen-bond donors (Lipinski definition) is 3. The number of hydrogen-bond acceptors (Lipinski definition) is 19. The van der Waals surface area contributed by atoms with Gasteiger partial charge < -0.3 is 53.2 Å². The zero-order chi connectivity index (χ0) is 76.1. The first kappa shape index (κ1) is 94.6. The maximum atomic E-state index is 13.5. The van der Waals surface area contributed by atoms with Crippen molar-refractivity contribution in [3.63, 3.8) is 0 Å². The van der Waals surface area contributed by atoms with Gasteiger partial charge in [0, 0.05) is 0 Å². The number of halogens is 8. The van der Waals surface area contributed by atoms with Gasteiger partial charge in [-0.1, -0.05) is 139 Å². The minimum atomic E-state index is -5.18. The van der Waals surface area contributed by atoms with Crippen molar-refractivity contribution in [2.75, 3.05) is 41.2 Å². The first-order valence-electron chi connectivity index (χ1n) is 30.6. The monoisotopic (exact) mass is 1400 g/mol. The lowest BCUT2D eigenvalue weighted by Crippen LogP contribution is -2.47. The fourth-order valence-electron chi connectivity index (χ4n) is 5.77. The number of aliphatic carboxylic acids is 2. The molecule has 8 atom stereocenters. The molecule has 0 aromatic heterocycles. The minimum Gasteiger partial charge on any atom is -0.479 e. The predicted molar refractivity (Wildman–Crippen MR) is 336 cm³/mol. The van der Waals surface area contributed by atoms with Gasteiger partial charge in [0.1, 0.15) is 24.0 Å². The number of esters is 7. The molecular weight excluding hydrogens is 1310 g/mol. The summed E-state index contributed by atoms with van der Waals surface area (Å²) < 4.78 is 141. The molecule has 0 radical (unpaired) electrons. The highest BCUT2D eigenvalue weighted by atomic mass is 19.3. The number of methoxy groups -OCH3 is 3. The van der Waals surface area contributed by atoms with Gasteiger partial charge in [-0.05, 0) is 68.2 Å². The van der Waals surface area contributed by atoms with E-state index in [1.54, 1.807) is 20.8 Å². The summed E-state index contributed by atoms with van der Waals surface area (Å²) in [6, 6.07) is 19.2. The molecule has 0 aliphatic heterocycles. The van der Waals surface area contributed by atoms with Gasteiger partial charge in [-0.25, -0.2) is 23.2 Å². The fourth-order valence-corrected chi connectivity index (χ4v) is 5.77. The molecule has 3 N–H and O–H groups in total. The molecule has 3 aromatic rings. The summed E-state index contributed by atoms with van der Waals surface area (Å²) in [6.45, 7) is 23.9. The smallest absolute Gasteiger partial charge is 0.404 e. The Labute approximate surface area is 560 Å². The number of carboxylic acid groups (broad SMARTS) is 3. The Hall–Kier alpha value is -8.75. The Morgan fingerprint density at radius 1 is 0.454 bits per heavy atom. The van der Waals surface area contributed by atoms with Crippen LogP contribution in [0.4, 0.5) is 35.1 Å². The topological polar surface area (TPSA) is 329 Å². The summed E-state index contributed by atoms with van der Waals surface area (Å²) in [5.74, 6) is -29.9. The van der Waals surface area contributed by atoms with Gasteiger partial charge in [0.25, 0.3) is 0 Å². The van der Waals surface area contributed by atoms with Crippen molar-refractivity contribution < 1.29 is 136 Å². The van der Waals surface area contributed by atoms with Gasteiger partial charge in [-0.3, -0.25) is 33.6 Å². The lowest BCUT2D eigenvalue weighted by molar-refractivity contribution is -0.228. The Kier molecular flexibility index (Phi) is 49.4. The van der Waals surface area contributed by atoms with E-state index >= 15 is 0 Å². The van der Waals surface area contributed by atoms with E-state index < -0.39 is 107 Å². The third kappa shape index (κ3) is 36.3. The highest BCUT2D eigenvalue weighted by Crippen LogP contribution is 2.37. The second-order valence-electron chi connectivity index (χ2n) is 21.1. The summed E-state index contributed by atoms with van der Waals surface area (Å²) in [7, 11) is 4.23. The van der Waals surface area contributed by atoms with Crippen molar-refractivity contribution in [2.24, 2.45) is 41.4 Å². The number of carboxylic acids is 3. The highest BCUT2D eigenvalue weighted by Gasteiger charge is 2.62. The molecule has 0 aliphatic carbocycles. The number of carbonyl (C=O) groups is 10. The number of ether oxygens (including phenoxy) is 8. The molecule has 97 heavy (non-hydrogen) atoms. The van der Waals surface area contributed by atoms with E-state index in [2.05, 4.69) is 40.6 Å². The Morgan fingerprint density at radius 2 is 0.784 bits per heavy atom. The van der Waals surface area contributed by atoms with Gasteiger partial charge in [-0.15, -0.1) is 0 Å². The largest absolute Gasteiger partial charge is 0.479 e. The van der Waals surface area contributed by atoms with Crippen molar-refractivity contribution in [3.8, 4) is 28.7 Å². The maximum Gasteiger partial charge on any atom is 0.404 e. The first-order chi connectivity index (χ1) is 45.2. The Bertz CT molecular complexity index is 2860. The van der Waals surface area contributed by atoms with E-state index in [9.17, 15) is 83.1 Å². The molecule has 0 spiro atoms. The van der Waals surface area contributed by atoms with Crippen molar-refractivity contribution in [1.29, 1.82) is 5.26 Å². The van der Waals surface area contributed by atoms with Crippen LogP contribution in [0.3, 0.4) is 0 Å². The van der Waals surface area contributed by atoms with Crippen molar-refractivity contribution in [2.45, 2.75) is 166 Å². The third-order valence-corrected chi connectivity index (χ3v) is 13.9. The number of benzene rings is 3. The van der Waals surface area contributed by atoms with E-state index in [-0.39, 0.29) is 79.1 Å². The molecule has 0 aliphatic rings. The molecular formula is C67H93F8NO21. The van der Waals surface area contributed by atoms with E-state index in [4.69, 9.17) is 30.1 Å². The summed E-state index contributed by atoms with van der Waals surface area (Å²) in [6.07, 6.45) is 1.67. The van der Waals surface area contributed by atoms with Crippen LogP contribution in [0, 0.1) is 76.0 Å². The molecule has 0 bridgehead atoms. The second kappa shape index (κ2) is 50.6. The van der Waals surface area contributed by atoms with Gasteiger partial charge >= 0.3 is 71.5 Å². The molecule has 0 fully saturated rings. The van der Waals surface area contributed by atoms with Crippen LogP contribution in [-0.4, -0.2) is 134 Å². The molecule has 0 saturated carbocycles. The number of rotatable bonds is 28. The van der Waals surface area contributed by atoms with Crippen LogP contribution in [-0.2, 0) is 71.6 Å². The van der Waals surface area contributed by atoms with Crippen molar-refractivity contribution >= 4 is 59.7 Å². The van der Waals surface area contributed by atoms with E-state index in [0.717, 1.165) is 36.8 Å². The molecule has 8 unspecified atom stereocenters. The summed E-state index contributed by atoms with van der Waals surface area (Å²) in [5.41, 5.74) is 0.481. The normalized spacial score (nSPS) is 12.9. The Balaban J connectivity index is -0.000000536. The van der Waals surface area contributed by atoms with Crippen molar-refractivity contribution in [1.82, 2.24) is 0 Å². The van der Waals surface area contributed by atoms with Gasteiger partial charge in [0.15, 0.2) is 11.6 Å². The molecule has 548 valence electrons. The summed E-state index contributed by atoms with van der Waals surface area (Å²) in [5, 5.41) is 33.3. The van der Waals surface area contributed by atoms with Crippen LogP contribution in [0.5, 0.6) is 11.5 Å². The van der Waals surface area contributed by atoms with Gasteiger partial charge in [0.05, 0.1) is 82.4 Å². The van der Waals surface area contributed by atoms with Crippen molar-refractivity contribution in [3.05, 3.63) is 83.4 Å². The van der Waals surface area contributed by atoms with Crippen LogP contribution in [0.25, 0.3) is 11.1 Å². The fraction of sp³-hybridized carbons (Fsp3) is 0.567. The van der Waals surface area contributed by atoms with E-state index in [0.29, 0.717) is 18.6 Å². The third-order valence-electron chi connectivity index (χ3n) is 13.9. The average Bonchev–Trinajstić information content (AvgIpc) is 0.792. The number of nitrogens with zero attached hydrogens (tertiary/aromatic N) is 1. The predicted octanol–water partition coefficient (Wildman–Crippen LogP) is 13.7. The molecule has 30 heteroatoms. The first-order valence-corrected chi connectivity index (χ1v) is 30.6. The quantitative estimate of drug-likeness (QED) is 0.0152. The van der Waals surface area contributed by atoms with E-state index in [1.807, 2.05) is 105 Å². The summed E-state index contributed by atoms with van der Waals surface area (Å²) in [4.78, 5) is 108. The maximum absolute atomic E-state index is 13.5.